The van der Waals surface area contributed by atoms with E-state index in [1.54, 1.807) is 11.3 Å². The normalized spacial score (nSPS) is 10.9. The maximum atomic E-state index is 6.15. The topological polar surface area (TPSA) is 50.7 Å². The molecule has 0 radical (unpaired) electrons. The van der Waals surface area contributed by atoms with Crippen molar-refractivity contribution in [3.63, 3.8) is 0 Å². The molecule has 0 saturated heterocycles. The number of fused-ring (bicyclic) bond motifs is 1. The molecule has 0 spiro atoms. The highest BCUT2D eigenvalue weighted by Gasteiger charge is 2.09. The first-order valence-electron chi connectivity index (χ1n) is 6.37. The summed E-state index contributed by atoms with van der Waals surface area (Å²) in [6.07, 6.45) is 3.33. The monoisotopic (exact) mass is 304 g/mol. The van der Waals surface area contributed by atoms with Crippen LogP contribution in [-0.2, 0) is 6.42 Å². The van der Waals surface area contributed by atoms with E-state index in [1.807, 2.05) is 17.6 Å². The summed E-state index contributed by atoms with van der Waals surface area (Å²) in [5.41, 5.74) is 4.79. The van der Waals surface area contributed by atoms with E-state index in [4.69, 9.17) is 11.6 Å². The standard InChI is InChI=1S/C14H13ClN4S/c1-2-3-10-13(15)16-7-17-14(10)19-9-4-5-11-12(6-9)20-8-18-11/h4-8H,2-3H2,1H3,(H,16,17,19). The molecular weight excluding hydrogens is 292 g/mol. The zero-order valence-corrected chi connectivity index (χ0v) is 12.5. The SMILES string of the molecule is CCCc1c(Cl)ncnc1Nc1ccc2ncsc2c1. The summed E-state index contributed by atoms with van der Waals surface area (Å²) in [5, 5.41) is 3.84. The molecule has 0 aliphatic heterocycles. The van der Waals surface area contributed by atoms with Crippen molar-refractivity contribution in [3.8, 4) is 0 Å². The van der Waals surface area contributed by atoms with Crippen LogP contribution in [0, 0.1) is 0 Å². The minimum absolute atomic E-state index is 0.517. The van der Waals surface area contributed by atoms with Crippen molar-refractivity contribution in [2.24, 2.45) is 0 Å². The molecule has 0 amide bonds. The van der Waals surface area contributed by atoms with Crippen molar-refractivity contribution < 1.29 is 0 Å². The van der Waals surface area contributed by atoms with Gasteiger partial charge in [0.1, 0.15) is 17.3 Å². The lowest BCUT2D eigenvalue weighted by Gasteiger charge is -2.11. The van der Waals surface area contributed by atoms with Crippen LogP contribution in [0.15, 0.2) is 30.0 Å². The molecule has 2 aromatic heterocycles. The maximum absolute atomic E-state index is 6.15. The van der Waals surface area contributed by atoms with E-state index in [0.717, 1.165) is 40.1 Å². The van der Waals surface area contributed by atoms with Crippen LogP contribution in [0.3, 0.4) is 0 Å². The molecule has 0 aliphatic carbocycles. The molecule has 0 fully saturated rings. The van der Waals surface area contributed by atoms with Crippen LogP contribution in [0.2, 0.25) is 5.15 Å². The predicted octanol–water partition coefficient (Wildman–Crippen LogP) is 4.44. The minimum atomic E-state index is 0.517. The Labute approximate surface area is 125 Å². The highest BCUT2D eigenvalue weighted by atomic mass is 35.5. The molecule has 3 rings (SSSR count). The Bertz CT molecular complexity index is 741. The zero-order chi connectivity index (χ0) is 13.9. The van der Waals surface area contributed by atoms with Crippen molar-refractivity contribution in [3.05, 3.63) is 40.8 Å². The van der Waals surface area contributed by atoms with Crippen molar-refractivity contribution in [1.82, 2.24) is 15.0 Å². The van der Waals surface area contributed by atoms with Gasteiger partial charge in [0.05, 0.1) is 15.7 Å². The van der Waals surface area contributed by atoms with Gasteiger partial charge in [-0.05, 0) is 24.6 Å². The van der Waals surface area contributed by atoms with Crippen molar-refractivity contribution >= 4 is 44.7 Å². The van der Waals surface area contributed by atoms with Crippen LogP contribution in [0.1, 0.15) is 18.9 Å². The predicted molar refractivity (Wildman–Crippen MR) is 83.9 cm³/mol. The van der Waals surface area contributed by atoms with Crippen molar-refractivity contribution in [2.45, 2.75) is 19.8 Å². The van der Waals surface area contributed by atoms with Crippen LogP contribution in [0.25, 0.3) is 10.2 Å². The third kappa shape index (κ3) is 2.59. The van der Waals surface area contributed by atoms with Gasteiger partial charge in [0.25, 0.3) is 0 Å². The van der Waals surface area contributed by atoms with Gasteiger partial charge < -0.3 is 5.32 Å². The van der Waals surface area contributed by atoms with Crippen LogP contribution in [0.4, 0.5) is 11.5 Å². The van der Waals surface area contributed by atoms with Gasteiger partial charge in [-0.2, -0.15) is 0 Å². The number of hydrogen-bond acceptors (Lipinski definition) is 5. The second-order valence-corrected chi connectivity index (χ2v) is 5.65. The van der Waals surface area contributed by atoms with E-state index in [0.29, 0.717) is 5.15 Å². The van der Waals surface area contributed by atoms with E-state index in [2.05, 4.69) is 33.3 Å². The van der Waals surface area contributed by atoms with Crippen LogP contribution >= 0.6 is 22.9 Å². The lowest BCUT2D eigenvalue weighted by molar-refractivity contribution is 0.904. The molecule has 4 nitrogen and oxygen atoms in total. The summed E-state index contributed by atoms with van der Waals surface area (Å²) in [6.45, 7) is 2.11. The number of nitrogens with zero attached hydrogens (tertiary/aromatic N) is 3. The fourth-order valence-electron chi connectivity index (χ4n) is 2.04. The minimum Gasteiger partial charge on any atom is -0.340 e. The van der Waals surface area contributed by atoms with Gasteiger partial charge in [0.15, 0.2) is 0 Å². The zero-order valence-electron chi connectivity index (χ0n) is 10.9. The quantitative estimate of drug-likeness (QED) is 0.724. The first kappa shape index (κ1) is 13.3. The molecule has 0 saturated carbocycles. The summed E-state index contributed by atoms with van der Waals surface area (Å²) < 4.78 is 1.15. The van der Waals surface area contributed by atoms with Gasteiger partial charge in [0.2, 0.25) is 0 Å². The van der Waals surface area contributed by atoms with Crippen molar-refractivity contribution in [2.75, 3.05) is 5.32 Å². The van der Waals surface area contributed by atoms with Gasteiger partial charge in [-0.25, -0.2) is 15.0 Å². The fraction of sp³-hybridized carbons (Fsp3) is 0.214. The van der Waals surface area contributed by atoms with Gasteiger partial charge in [0, 0.05) is 11.3 Å². The van der Waals surface area contributed by atoms with E-state index in [9.17, 15) is 0 Å². The Hall–Kier alpha value is -1.72. The number of halogens is 1. The fourth-order valence-corrected chi connectivity index (χ4v) is 2.98. The maximum Gasteiger partial charge on any atom is 0.138 e. The molecule has 102 valence electrons. The third-order valence-electron chi connectivity index (χ3n) is 2.99. The van der Waals surface area contributed by atoms with Crippen LogP contribution in [0.5, 0.6) is 0 Å². The Morgan fingerprint density at radius 1 is 1.25 bits per heavy atom. The second-order valence-electron chi connectivity index (χ2n) is 4.40. The van der Waals surface area contributed by atoms with Crippen molar-refractivity contribution in [1.29, 1.82) is 0 Å². The second kappa shape index (κ2) is 5.73. The number of benzene rings is 1. The van der Waals surface area contributed by atoms with E-state index in [-0.39, 0.29) is 0 Å². The Balaban J connectivity index is 1.95. The third-order valence-corrected chi connectivity index (χ3v) is 4.10. The van der Waals surface area contributed by atoms with Gasteiger partial charge >= 0.3 is 0 Å². The molecule has 0 atom stereocenters. The summed E-state index contributed by atoms with van der Waals surface area (Å²) in [4.78, 5) is 12.6. The first-order valence-corrected chi connectivity index (χ1v) is 7.63. The Morgan fingerprint density at radius 3 is 3.00 bits per heavy atom. The molecule has 0 aliphatic rings. The molecule has 1 aromatic carbocycles. The highest BCUT2D eigenvalue weighted by molar-refractivity contribution is 7.16. The molecule has 3 aromatic rings. The number of anilines is 2. The average molecular weight is 305 g/mol. The van der Waals surface area contributed by atoms with Gasteiger partial charge in [-0.1, -0.05) is 24.9 Å². The van der Waals surface area contributed by atoms with E-state index >= 15 is 0 Å². The molecule has 2 heterocycles. The lowest BCUT2D eigenvalue weighted by Crippen LogP contribution is -2.01. The lowest BCUT2D eigenvalue weighted by atomic mass is 10.2. The van der Waals surface area contributed by atoms with Gasteiger partial charge in [-0.3, -0.25) is 0 Å². The number of aromatic nitrogens is 3. The Morgan fingerprint density at radius 2 is 2.15 bits per heavy atom. The smallest absolute Gasteiger partial charge is 0.138 e. The van der Waals surface area contributed by atoms with Crippen LogP contribution < -0.4 is 5.32 Å². The summed E-state index contributed by atoms with van der Waals surface area (Å²) in [5.74, 6) is 0.774. The van der Waals surface area contributed by atoms with Crippen LogP contribution in [-0.4, -0.2) is 15.0 Å². The van der Waals surface area contributed by atoms with Gasteiger partial charge in [-0.15, -0.1) is 11.3 Å². The molecule has 1 N–H and O–H groups in total. The highest BCUT2D eigenvalue weighted by Crippen LogP contribution is 2.27. The molecule has 6 heteroatoms. The van der Waals surface area contributed by atoms with E-state index in [1.165, 1.54) is 6.33 Å². The number of hydrogen-bond donors (Lipinski definition) is 1. The molecule has 20 heavy (non-hydrogen) atoms. The largest absolute Gasteiger partial charge is 0.340 e. The molecule has 0 unspecified atom stereocenters. The summed E-state index contributed by atoms with van der Waals surface area (Å²) in [7, 11) is 0. The first-order chi connectivity index (χ1) is 9.78. The van der Waals surface area contributed by atoms with E-state index < -0.39 is 0 Å². The summed E-state index contributed by atoms with van der Waals surface area (Å²) >= 11 is 7.77. The summed E-state index contributed by atoms with van der Waals surface area (Å²) in [6, 6.07) is 6.06. The molecular formula is C14H13ClN4S. The Kier molecular flexibility index (Phi) is 3.80. The number of rotatable bonds is 4. The molecule has 0 bridgehead atoms. The number of nitrogens with one attached hydrogen (secondary N) is 1. The number of thiazole rings is 1. The average Bonchev–Trinajstić information content (AvgIpc) is 2.90.